The third-order valence-corrected chi connectivity index (χ3v) is 3.61. The molecule has 13 heavy (non-hydrogen) atoms. The highest BCUT2D eigenvalue weighted by atomic mass is 35.5. The van der Waals surface area contributed by atoms with Crippen molar-refractivity contribution in [3.63, 3.8) is 0 Å². The van der Waals surface area contributed by atoms with Crippen LogP contribution in [0.5, 0.6) is 0 Å². The van der Waals surface area contributed by atoms with Gasteiger partial charge in [-0.25, -0.2) is 0 Å². The Hall–Kier alpha value is 0.170. The van der Waals surface area contributed by atoms with E-state index in [1.165, 1.54) is 6.42 Å². The molecule has 2 heterocycles. The van der Waals surface area contributed by atoms with Crippen LogP contribution in [0.2, 0.25) is 0 Å². The van der Waals surface area contributed by atoms with Crippen molar-refractivity contribution in [2.45, 2.75) is 37.5 Å². The van der Waals surface area contributed by atoms with Gasteiger partial charge in [-0.15, -0.1) is 12.4 Å². The topological polar surface area (TPSA) is 43.7 Å². The Morgan fingerprint density at radius 1 is 1.38 bits per heavy atom. The first-order valence-electron chi connectivity index (χ1n) is 4.75. The van der Waals surface area contributed by atoms with E-state index in [1.807, 2.05) is 0 Å². The quantitative estimate of drug-likeness (QED) is 0.648. The Labute approximate surface area is 85.1 Å². The molecule has 0 saturated carbocycles. The van der Waals surface area contributed by atoms with Crippen LogP contribution >= 0.6 is 12.4 Å². The van der Waals surface area contributed by atoms with Crippen molar-refractivity contribution in [2.24, 2.45) is 5.92 Å². The molecule has 0 aromatic carbocycles. The van der Waals surface area contributed by atoms with E-state index in [1.54, 1.807) is 0 Å². The van der Waals surface area contributed by atoms with Gasteiger partial charge in [0, 0.05) is 24.6 Å². The molecule has 2 fully saturated rings. The van der Waals surface area contributed by atoms with Gasteiger partial charge >= 0.3 is 0 Å². The summed E-state index contributed by atoms with van der Waals surface area (Å²) in [6, 6.07) is 0.983. The van der Waals surface area contributed by atoms with Crippen LogP contribution in [0, 0.1) is 5.92 Å². The molecule has 78 valence electrons. The second-order valence-electron chi connectivity index (χ2n) is 4.11. The molecule has 2 rings (SSSR count). The maximum atomic E-state index is 9.68. The van der Waals surface area contributed by atoms with Gasteiger partial charge < -0.3 is 10.2 Å². The third kappa shape index (κ3) is 1.71. The molecule has 3 nitrogen and oxygen atoms in total. The molecular formula is C9H18ClNO2. The minimum atomic E-state index is -0.274. The monoisotopic (exact) mass is 207 g/mol. The van der Waals surface area contributed by atoms with Gasteiger partial charge in [0.05, 0.1) is 6.10 Å². The second kappa shape index (κ2) is 4.13. The van der Waals surface area contributed by atoms with Gasteiger partial charge in [0.1, 0.15) is 0 Å². The number of rotatable bonds is 1. The van der Waals surface area contributed by atoms with Gasteiger partial charge in [0.25, 0.3) is 0 Å². The van der Waals surface area contributed by atoms with Gasteiger partial charge in [-0.1, -0.05) is 0 Å². The van der Waals surface area contributed by atoms with E-state index in [-0.39, 0.29) is 31.0 Å². The first kappa shape index (κ1) is 11.2. The standard InChI is InChI=1S/C9H17NO2.ClH/c1-10-6-2-3-8(10)7(5-11)9(12)4-6;/h6-9,11-12H,2-5H2,1H3;1H/t6?,7-,8?,9+;/m1./s1. The lowest BCUT2D eigenvalue weighted by molar-refractivity contribution is -0.0300. The van der Waals surface area contributed by atoms with Gasteiger partial charge in [-0.05, 0) is 26.3 Å². The lowest BCUT2D eigenvalue weighted by atomic mass is 9.88. The number of piperidine rings is 1. The molecule has 0 radical (unpaired) electrons. The summed E-state index contributed by atoms with van der Waals surface area (Å²) in [6.45, 7) is 0.128. The summed E-state index contributed by atoms with van der Waals surface area (Å²) >= 11 is 0. The average molecular weight is 208 g/mol. The first-order chi connectivity index (χ1) is 5.74. The molecule has 4 heteroatoms. The summed E-state index contributed by atoms with van der Waals surface area (Å²) in [5, 5.41) is 18.8. The average Bonchev–Trinajstić information content (AvgIpc) is 2.34. The summed E-state index contributed by atoms with van der Waals surface area (Å²) in [5.41, 5.74) is 0. The van der Waals surface area contributed by atoms with Crippen molar-refractivity contribution in [3.8, 4) is 0 Å². The molecule has 2 aliphatic heterocycles. The Morgan fingerprint density at radius 3 is 2.69 bits per heavy atom. The van der Waals surface area contributed by atoms with Crippen molar-refractivity contribution < 1.29 is 10.2 Å². The van der Waals surface area contributed by atoms with Crippen LogP contribution in [-0.4, -0.2) is 47.0 Å². The Balaban J connectivity index is 0.000000845. The molecule has 2 unspecified atom stereocenters. The summed E-state index contributed by atoms with van der Waals surface area (Å²) < 4.78 is 0. The number of halogens is 1. The SMILES string of the molecule is CN1C2CCC1[C@@H](CO)[C@@H](O)C2.Cl. The third-order valence-electron chi connectivity index (χ3n) is 3.61. The number of hydrogen-bond donors (Lipinski definition) is 2. The van der Waals surface area contributed by atoms with Crippen LogP contribution in [0.3, 0.4) is 0 Å². The highest BCUT2D eigenvalue weighted by Crippen LogP contribution is 2.37. The zero-order chi connectivity index (χ0) is 8.72. The molecule has 0 amide bonds. The summed E-state index contributed by atoms with van der Waals surface area (Å²) in [4.78, 5) is 2.33. The molecule has 0 aliphatic carbocycles. The molecular weight excluding hydrogens is 190 g/mol. The van der Waals surface area contributed by atoms with Gasteiger partial charge in [-0.2, -0.15) is 0 Å². The van der Waals surface area contributed by atoms with Crippen molar-refractivity contribution in [1.29, 1.82) is 0 Å². The van der Waals surface area contributed by atoms with Gasteiger partial charge in [-0.3, -0.25) is 4.90 Å². The molecule has 0 spiro atoms. The molecule has 2 aliphatic rings. The maximum Gasteiger partial charge on any atom is 0.0620 e. The lowest BCUT2D eigenvalue weighted by Gasteiger charge is -2.39. The fraction of sp³-hybridized carbons (Fsp3) is 1.00. The summed E-state index contributed by atoms with van der Waals surface area (Å²) in [7, 11) is 2.11. The number of fused-ring (bicyclic) bond motifs is 2. The van der Waals surface area contributed by atoms with Crippen molar-refractivity contribution in [2.75, 3.05) is 13.7 Å². The number of hydrogen-bond acceptors (Lipinski definition) is 3. The smallest absolute Gasteiger partial charge is 0.0620 e. The Bertz CT molecular complexity index is 179. The minimum absolute atomic E-state index is 0. The fourth-order valence-electron chi connectivity index (χ4n) is 2.79. The largest absolute Gasteiger partial charge is 0.396 e. The molecule has 2 bridgehead atoms. The van der Waals surface area contributed by atoms with E-state index in [4.69, 9.17) is 5.11 Å². The van der Waals surface area contributed by atoms with Crippen molar-refractivity contribution in [1.82, 2.24) is 4.90 Å². The van der Waals surface area contributed by atoms with E-state index in [2.05, 4.69) is 11.9 Å². The van der Waals surface area contributed by atoms with E-state index in [0.717, 1.165) is 12.8 Å². The minimum Gasteiger partial charge on any atom is -0.396 e. The highest BCUT2D eigenvalue weighted by molar-refractivity contribution is 5.85. The van der Waals surface area contributed by atoms with Crippen LogP contribution < -0.4 is 0 Å². The van der Waals surface area contributed by atoms with E-state index in [0.29, 0.717) is 12.1 Å². The normalized spacial score (nSPS) is 44.5. The predicted octanol–water partition coefficient (Wildman–Crippen LogP) is 0.244. The molecule has 4 atom stereocenters. The van der Waals surface area contributed by atoms with Crippen LogP contribution in [0.1, 0.15) is 19.3 Å². The highest BCUT2D eigenvalue weighted by Gasteiger charge is 2.44. The van der Waals surface area contributed by atoms with Gasteiger partial charge in [0.2, 0.25) is 0 Å². The fourth-order valence-corrected chi connectivity index (χ4v) is 2.79. The summed E-state index contributed by atoms with van der Waals surface area (Å²) in [5.74, 6) is 0.0914. The van der Waals surface area contributed by atoms with Crippen LogP contribution in [0.15, 0.2) is 0 Å². The lowest BCUT2D eigenvalue weighted by Crippen LogP contribution is -2.50. The number of aliphatic hydroxyl groups excluding tert-OH is 2. The first-order valence-corrected chi connectivity index (χ1v) is 4.75. The molecule has 2 saturated heterocycles. The molecule has 0 aromatic rings. The summed E-state index contributed by atoms with van der Waals surface area (Å²) in [6.07, 6.45) is 2.90. The van der Waals surface area contributed by atoms with Gasteiger partial charge in [0.15, 0.2) is 0 Å². The Kier molecular flexibility index (Phi) is 3.57. The van der Waals surface area contributed by atoms with Crippen LogP contribution in [0.4, 0.5) is 0 Å². The second-order valence-corrected chi connectivity index (χ2v) is 4.11. The molecule has 0 aromatic heterocycles. The van der Waals surface area contributed by atoms with Crippen LogP contribution in [0.25, 0.3) is 0 Å². The van der Waals surface area contributed by atoms with Crippen molar-refractivity contribution >= 4 is 12.4 Å². The van der Waals surface area contributed by atoms with E-state index in [9.17, 15) is 5.11 Å². The molecule has 2 N–H and O–H groups in total. The van der Waals surface area contributed by atoms with E-state index < -0.39 is 0 Å². The van der Waals surface area contributed by atoms with Crippen LogP contribution in [-0.2, 0) is 0 Å². The van der Waals surface area contributed by atoms with E-state index >= 15 is 0 Å². The van der Waals surface area contributed by atoms with Crippen molar-refractivity contribution in [3.05, 3.63) is 0 Å². The number of aliphatic hydroxyl groups is 2. The Morgan fingerprint density at radius 2 is 2.08 bits per heavy atom. The zero-order valence-electron chi connectivity index (χ0n) is 7.89. The number of nitrogens with zero attached hydrogens (tertiary/aromatic N) is 1. The predicted molar refractivity (Wildman–Crippen MR) is 53.0 cm³/mol. The maximum absolute atomic E-state index is 9.68. The zero-order valence-corrected chi connectivity index (χ0v) is 8.70.